The van der Waals surface area contributed by atoms with Gasteiger partial charge in [0.2, 0.25) is 0 Å². The van der Waals surface area contributed by atoms with Crippen molar-refractivity contribution in [2.45, 2.75) is 46.6 Å². The van der Waals surface area contributed by atoms with Crippen LogP contribution in [0.2, 0.25) is 0 Å². The third-order valence-corrected chi connectivity index (χ3v) is 2.97. The van der Waals surface area contributed by atoms with Crippen LogP contribution in [0.1, 0.15) is 50.9 Å². The van der Waals surface area contributed by atoms with E-state index >= 15 is 0 Å². The van der Waals surface area contributed by atoms with Crippen molar-refractivity contribution in [1.82, 2.24) is 9.88 Å². The fourth-order valence-corrected chi connectivity index (χ4v) is 1.97. The fraction of sp³-hybridized carbons (Fsp3) is 0.600. The molecular formula is C15H25N3O. The molecule has 0 saturated heterocycles. The van der Waals surface area contributed by atoms with Gasteiger partial charge in [-0.2, -0.15) is 0 Å². The summed E-state index contributed by atoms with van der Waals surface area (Å²) in [6, 6.07) is 2.00. The second kappa shape index (κ2) is 7.77. The van der Waals surface area contributed by atoms with Gasteiger partial charge in [-0.3, -0.25) is 9.78 Å². The molecule has 1 amide bonds. The van der Waals surface area contributed by atoms with Crippen LogP contribution in [0, 0.1) is 0 Å². The average molecular weight is 263 g/mol. The summed E-state index contributed by atoms with van der Waals surface area (Å²) in [5, 5.41) is 3.27. The first-order chi connectivity index (χ1) is 9.11. The third-order valence-electron chi connectivity index (χ3n) is 2.97. The van der Waals surface area contributed by atoms with Gasteiger partial charge in [0.05, 0.1) is 17.4 Å². The van der Waals surface area contributed by atoms with Crippen LogP contribution in [0.4, 0.5) is 5.69 Å². The quantitative estimate of drug-likeness (QED) is 0.822. The maximum atomic E-state index is 12.6. The summed E-state index contributed by atoms with van der Waals surface area (Å²) in [4.78, 5) is 18.6. The van der Waals surface area contributed by atoms with Gasteiger partial charge in [0, 0.05) is 25.3 Å². The van der Waals surface area contributed by atoms with Crippen LogP contribution < -0.4 is 5.32 Å². The van der Waals surface area contributed by atoms with E-state index in [1.165, 1.54) is 0 Å². The number of anilines is 1. The van der Waals surface area contributed by atoms with E-state index in [9.17, 15) is 4.79 Å². The zero-order chi connectivity index (χ0) is 14.3. The predicted octanol–water partition coefficient (Wildman–Crippen LogP) is 3.16. The van der Waals surface area contributed by atoms with Gasteiger partial charge in [0.1, 0.15) is 0 Å². The molecule has 0 aliphatic carbocycles. The lowest BCUT2D eigenvalue weighted by atomic mass is 10.1. The van der Waals surface area contributed by atoms with E-state index in [2.05, 4.69) is 24.1 Å². The monoisotopic (exact) mass is 263 g/mol. The maximum absolute atomic E-state index is 12.6. The number of nitrogens with zero attached hydrogens (tertiary/aromatic N) is 2. The van der Waals surface area contributed by atoms with Crippen molar-refractivity contribution < 1.29 is 4.79 Å². The molecule has 0 bridgehead atoms. The largest absolute Gasteiger partial charge is 0.383 e. The Morgan fingerprint density at radius 3 is 2.68 bits per heavy atom. The molecule has 1 rings (SSSR count). The minimum absolute atomic E-state index is 0.0813. The van der Waals surface area contributed by atoms with E-state index in [-0.39, 0.29) is 11.9 Å². The molecule has 106 valence electrons. The molecule has 1 aromatic rings. The number of nitrogens with one attached hydrogen (secondary N) is 1. The first-order valence-corrected chi connectivity index (χ1v) is 7.10. The third kappa shape index (κ3) is 4.23. The molecule has 0 spiro atoms. The van der Waals surface area contributed by atoms with Crippen molar-refractivity contribution in [1.29, 1.82) is 0 Å². The number of hydrogen-bond donors (Lipinski definition) is 1. The molecule has 1 aromatic heterocycles. The van der Waals surface area contributed by atoms with Crippen LogP contribution in [0.5, 0.6) is 0 Å². The van der Waals surface area contributed by atoms with Crippen LogP contribution in [-0.4, -0.2) is 34.9 Å². The molecule has 1 N–H and O–H groups in total. The van der Waals surface area contributed by atoms with Crippen LogP contribution in [0.25, 0.3) is 0 Å². The lowest BCUT2D eigenvalue weighted by molar-refractivity contribution is 0.0707. The summed E-state index contributed by atoms with van der Waals surface area (Å²) in [6.07, 6.45) is 5.39. The molecule has 0 radical (unpaired) electrons. The lowest BCUT2D eigenvalue weighted by Gasteiger charge is -2.27. The summed E-state index contributed by atoms with van der Waals surface area (Å²) in [5.74, 6) is 0.0813. The number of pyridine rings is 1. The Balaban J connectivity index is 2.96. The first-order valence-electron chi connectivity index (χ1n) is 7.10. The highest BCUT2D eigenvalue weighted by Crippen LogP contribution is 2.17. The van der Waals surface area contributed by atoms with Crippen LogP contribution in [-0.2, 0) is 0 Å². The number of rotatable bonds is 7. The number of carbonyl (C=O) groups excluding carboxylic acids is 1. The minimum atomic E-state index is 0.0813. The van der Waals surface area contributed by atoms with E-state index in [1.54, 1.807) is 18.5 Å². The van der Waals surface area contributed by atoms with Crippen molar-refractivity contribution in [2.24, 2.45) is 0 Å². The van der Waals surface area contributed by atoms with Gasteiger partial charge in [-0.05, 0) is 32.8 Å². The summed E-state index contributed by atoms with van der Waals surface area (Å²) >= 11 is 0. The van der Waals surface area contributed by atoms with Crippen LogP contribution >= 0.6 is 0 Å². The Morgan fingerprint density at radius 2 is 2.11 bits per heavy atom. The molecule has 0 fully saturated rings. The molecule has 4 heteroatoms. The van der Waals surface area contributed by atoms with Crippen molar-refractivity contribution in [3.05, 3.63) is 24.0 Å². The fourth-order valence-electron chi connectivity index (χ4n) is 1.97. The Hall–Kier alpha value is -1.58. The van der Waals surface area contributed by atoms with E-state index in [0.29, 0.717) is 5.56 Å². The summed E-state index contributed by atoms with van der Waals surface area (Å²) < 4.78 is 0. The summed E-state index contributed by atoms with van der Waals surface area (Å²) in [5.41, 5.74) is 1.54. The highest BCUT2D eigenvalue weighted by molar-refractivity contribution is 5.99. The normalized spacial score (nSPS) is 10.6. The Labute approximate surface area is 116 Å². The summed E-state index contributed by atoms with van der Waals surface area (Å²) in [6.45, 7) is 9.92. The molecule has 0 atom stereocenters. The Kier molecular flexibility index (Phi) is 6.33. The topological polar surface area (TPSA) is 45.2 Å². The highest BCUT2D eigenvalue weighted by Gasteiger charge is 2.20. The molecule has 0 aliphatic rings. The highest BCUT2D eigenvalue weighted by atomic mass is 16.2. The number of carbonyl (C=O) groups is 1. The number of amides is 1. The van der Waals surface area contributed by atoms with E-state index in [0.717, 1.165) is 31.6 Å². The van der Waals surface area contributed by atoms with Crippen LogP contribution in [0.3, 0.4) is 0 Å². The SMILES string of the molecule is CCCNc1cnccc1C(=O)N(CCC)C(C)C. The second-order valence-electron chi connectivity index (χ2n) is 4.94. The van der Waals surface area contributed by atoms with Gasteiger partial charge < -0.3 is 10.2 Å². The minimum Gasteiger partial charge on any atom is -0.383 e. The molecule has 0 saturated carbocycles. The standard InChI is InChI=1S/C15H25N3O/c1-5-8-17-14-11-16-9-7-13(14)15(19)18(10-6-2)12(3)4/h7,9,11-12,17H,5-6,8,10H2,1-4H3. The zero-order valence-corrected chi connectivity index (χ0v) is 12.4. The number of hydrogen-bond acceptors (Lipinski definition) is 3. The van der Waals surface area contributed by atoms with Gasteiger partial charge in [0.25, 0.3) is 5.91 Å². The Bertz CT molecular complexity index is 404. The van der Waals surface area contributed by atoms with Gasteiger partial charge in [-0.25, -0.2) is 0 Å². The van der Waals surface area contributed by atoms with Gasteiger partial charge in [-0.15, -0.1) is 0 Å². The van der Waals surface area contributed by atoms with Crippen molar-refractivity contribution in [2.75, 3.05) is 18.4 Å². The van der Waals surface area contributed by atoms with Crippen molar-refractivity contribution in [3.63, 3.8) is 0 Å². The lowest BCUT2D eigenvalue weighted by Crippen LogP contribution is -2.37. The molecule has 19 heavy (non-hydrogen) atoms. The molecule has 1 heterocycles. The van der Waals surface area contributed by atoms with Gasteiger partial charge >= 0.3 is 0 Å². The maximum Gasteiger partial charge on any atom is 0.256 e. The predicted molar refractivity (Wildman–Crippen MR) is 79.5 cm³/mol. The Morgan fingerprint density at radius 1 is 1.37 bits per heavy atom. The second-order valence-corrected chi connectivity index (χ2v) is 4.94. The molecule has 0 aromatic carbocycles. The summed E-state index contributed by atoms with van der Waals surface area (Å²) in [7, 11) is 0. The molecular weight excluding hydrogens is 238 g/mol. The van der Waals surface area contributed by atoms with E-state index < -0.39 is 0 Å². The molecule has 4 nitrogen and oxygen atoms in total. The van der Waals surface area contributed by atoms with Gasteiger partial charge in [-0.1, -0.05) is 13.8 Å². The zero-order valence-electron chi connectivity index (χ0n) is 12.4. The average Bonchev–Trinajstić information content (AvgIpc) is 2.41. The van der Waals surface area contributed by atoms with E-state index in [1.807, 2.05) is 18.7 Å². The first kappa shape index (κ1) is 15.5. The van der Waals surface area contributed by atoms with Crippen LogP contribution in [0.15, 0.2) is 18.5 Å². The molecule has 0 aliphatic heterocycles. The smallest absolute Gasteiger partial charge is 0.256 e. The van der Waals surface area contributed by atoms with Crippen molar-refractivity contribution in [3.8, 4) is 0 Å². The van der Waals surface area contributed by atoms with Crippen molar-refractivity contribution >= 4 is 11.6 Å². The van der Waals surface area contributed by atoms with Gasteiger partial charge in [0.15, 0.2) is 0 Å². The number of aromatic nitrogens is 1. The van der Waals surface area contributed by atoms with E-state index in [4.69, 9.17) is 0 Å². The molecule has 0 unspecified atom stereocenters.